The average molecular weight is 308 g/mol. The van der Waals surface area contributed by atoms with Gasteiger partial charge in [0.2, 0.25) is 0 Å². The van der Waals surface area contributed by atoms with Crippen molar-refractivity contribution >= 4 is 39.8 Å². The first-order chi connectivity index (χ1) is 9.54. The van der Waals surface area contributed by atoms with Gasteiger partial charge in [-0.2, -0.15) is 0 Å². The molecule has 0 radical (unpaired) electrons. The molecule has 6 heteroatoms. The minimum Gasteiger partial charge on any atom is -0.478 e. The first kappa shape index (κ1) is 13.0. The van der Waals surface area contributed by atoms with Gasteiger partial charge in [0.25, 0.3) is 0 Å². The number of benzene rings is 1. The molecule has 0 aliphatic carbocycles. The van der Waals surface area contributed by atoms with Crippen LogP contribution in [0.3, 0.4) is 0 Å². The summed E-state index contributed by atoms with van der Waals surface area (Å²) < 4.78 is 13.9. The number of carboxylic acids is 1. The standard InChI is InChI=1S/C14H7ClFNO2S/c15-13-4-3-12(20-13)11-6-9(14(18)19)8-5-7(16)1-2-10(8)17-11/h1-6H,(H,18,19). The van der Waals surface area contributed by atoms with Crippen molar-refractivity contribution in [1.82, 2.24) is 4.98 Å². The number of aromatic nitrogens is 1. The van der Waals surface area contributed by atoms with Crippen LogP contribution in [0, 0.1) is 5.82 Å². The fourth-order valence-corrected chi connectivity index (χ4v) is 2.96. The van der Waals surface area contributed by atoms with Crippen LogP contribution in [0.5, 0.6) is 0 Å². The zero-order valence-electron chi connectivity index (χ0n) is 9.93. The van der Waals surface area contributed by atoms with Gasteiger partial charge < -0.3 is 5.11 Å². The molecule has 3 rings (SSSR count). The summed E-state index contributed by atoms with van der Waals surface area (Å²) in [6.07, 6.45) is 0. The number of rotatable bonds is 2. The Hall–Kier alpha value is -1.98. The number of hydrogen-bond acceptors (Lipinski definition) is 3. The minimum absolute atomic E-state index is 0.0222. The van der Waals surface area contributed by atoms with Gasteiger partial charge in [0.05, 0.1) is 26.0 Å². The van der Waals surface area contributed by atoms with Crippen molar-refractivity contribution < 1.29 is 14.3 Å². The molecule has 2 aromatic heterocycles. The van der Waals surface area contributed by atoms with Crippen LogP contribution in [-0.4, -0.2) is 16.1 Å². The number of nitrogens with zero attached hydrogens (tertiary/aromatic N) is 1. The maximum Gasteiger partial charge on any atom is 0.336 e. The van der Waals surface area contributed by atoms with Gasteiger partial charge in [0.15, 0.2) is 0 Å². The number of thiophene rings is 1. The molecule has 0 spiro atoms. The van der Waals surface area contributed by atoms with Gasteiger partial charge in [-0.05, 0) is 36.4 Å². The Kier molecular flexibility index (Phi) is 3.16. The van der Waals surface area contributed by atoms with Gasteiger partial charge in [-0.3, -0.25) is 0 Å². The molecule has 0 bridgehead atoms. The van der Waals surface area contributed by atoms with Crippen molar-refractivity contribution in [3.05, 3.63) is 52.1 Å². The Morgan fingerprint density at radius 2 is 2.05 bits per heavy atom. The first-order valence-electron chi connectivity index (χ1n) is 5.64. The van der Waals surface area contributed by atoms with Crippen LogP contribution in [-0.2, 0) is 0 Å². The molecule has 3 nitrogen and oxygen atoms in total. The maximum absolute atomic E-state index is 13.3. The molecule has 0 unspecified atom stereocenters. The second kappa shape index (κ2) is 4.85. The van der Waals surface area contributed by atoms with Gasteiger partial charge in [-0.1, -0.05) is 11.6 Å². The molecule has 1 N–H and O–H groups in total. The van der Waals surface area contributed by atoms with E-state index in [1.54, 1.807) is 12.1 Å². The van der Waals surface area contributed by atoms with E-state index in [0.29, 0.717) is 15.5 Å². The Labute approximate surface area is 122 Å². The third kappa shape index (κ3) is 2.26. The molecule has 3 aromatic rings. The van der Waals surface area contributed by atoms with Crippen LogP contribution < -0.4 is 0 Å². The average Bonchev–Trinajstić information content (AvgIpc) is 2.84. The van der Waals surface area contributed by atoms with Crippen LogP contribution in [0.4, 0.5) is 4.39 Å². The SMILES string of the molecule is O=C(O)c1cc(-c2ccc(Cl)s2)nc2ccc(F)cc12. The molecule has 0 saturated heterocycles. The molecule has 0 amide bonds. The molecule has 0 atom stereocenters. The van der Waals surface area contributed by atoms with Gasteiger partial charge in [-0.25, -0.2) is 14.2 Å². The minimum atomic E-state index is -1.12. The van der Waals surface area contributed by atoms with E-state index in [0.717, 1.165) is 4.88 Å². The summed E-state index contributed by atoms with van der Waals surface area (Å²) in [5, 5.41) is 9.56. The Bertz CT molecular complexity index is 831. The highest BCUT2D eigenvalue weighted by molar-refractivity contribution is 7.19. The van der Waals surface area contributed by atoms with E-state index in [1.807, 2.05) is 0 Å². The zero-order chi connectivity index (χ0) is 14.3. The van der Waals surface area contributed by atoms with E-state index >= 15 is 0 Å². The topological polar surface area (TPSA) is 50.2 Å². The highest BCUT2D eigenvalue weighted by Gasteiger charge is 2.14. The summed E-state index contributed by atoms with van der Waals surface area (Å²) in [5.41, 5.74) is 0.971. The Balaban J connectivity index is 2.31. The lowest BCUT2D eigenvalue weighted by Gasteiger charge is -2.05. The van der Waals surface area contributed by atoms with E-state index in [4.69, 9.17) is 11.6 Å². The molecule has 0 fully saturated rings. The third-order valence-electron chi connectivity index (χ3n) is 2.83. The van der Waals surface area contributed by atoms with Crippen LogP contribution >= 0.6 is 22.9 Å². The first-order valence-corrected chi connectivity index (χ1v) is 6.83. The quantitative estimate of drug-likeness (QED) is 0.760. The number of carbonyl (C=O) groups is 1. The van der Waals surface area contributed by atoms with Crippen molar-refractivity contribution in [3.8, 4) is 10.6 Å². The van der Waals surface area contributed by atoms with E-state index < -0.39 is 11.8 Å². The molecular weight excluding hydrogens is 301 g/mol. The predicted molar refractivity (Wildman–Crippen MR) is 77.0 cm³/mol. The summed E-state index contributed by atoms with van der Waals surface area (Å²) in [6, 6.07) is 8.83. The monoisotopic (exact) mass is 307 g/mol. The van der Waals surface area contributed by atoms with Crippen molar-refractivity contribution in [2.24, 2.45) is 0 Å². The van der Waals surface area contributed by atoms with Gasteiger partial charge in [0.1, 0.15) is 5.82 Å². The molecule has 0 aliphatic heterocycles. The molecular formula is C14H7ClFNO2S. The fourth-order valence-electron chi connectivity index (χ4n) is 1.95. The summed E-state index contributed by atoms with van der Waals surface area (Å²) >= 11 is 7.19. The lowest BCUT2D eigenvalue weighted by molar-refractivity contribution is 0.0699. The van der Waals surface area contributed by atoms with E-state index in [1.165, 1.54) is 35.6 Å². The fraction of sp³-hybridized carbons (Fsp3) is 0. The number of pyridine rings is 1. The molecule has 100 valence electrons. The molecule has 1 aromatic carbocycles. The van der Waals surface area contributed by atoms with E-state index in [9.17, 15) is 14.3 Å². The van der Waals surface area contributed by atoms with Crippen LogP contribution in [0.2, 0.25) is 4.34 Å². The lowest BCUT2D eigenvalue weighted by Crippen LogP contribution is -2.00. The van der Waals surface area contributed by atoms with Gasteiger partial charge in [-0.15, -0.1) is 11.3 Å². The van der Waals surface area contributed by atoms with Gasteiger partial charge in [0, 0.05) is 5.39 Å². The largest absolute Gasteiger partial charge is 0.478 e. The zero-order valence-corrected chi connectivity index (χ0v) is 11.5. The highest BCUT2D eigenvalue weighted by atomic mass is 35.5. The summed E-state index contributed by atoms with van der Waals surface area (Å²) in [5.74, 6) is -1.61. The van der Waals surface area contributed by atoms with Crippen molar-refractivity contribution in [3.63, 3.8) is 0 Å². The predicted octanol–water partition coefficient (Wildman–Crippen LogP) is 4.45. The highest BCUT2D eigenvalue weighted by Crippen LogP contribution is 2.32. The number of halogens is 2. The second-order valence-electron chi connectivity index (χ2n) is 4.13. The van der Waals surface area contributed by atoms with E-state index in [-0.39, 0.29) is 10.9 Å². The van der Waals surface area contributed by atoms with Crippen LogP contribution in [0.1, 0.15) is 10.4 Å². The van der Waals surface area contributed by atoms with Crippen molar-refractivity contribution in [1.29, 1.82) is 0 Å². The molecule has 2 heterocycles. The van der Waals surface area contributed by atoms with Crippen molar-refractivity contribution in [2.75, 3.05) is 0 Å². The number of aromatic carboxylic acids is 1. The summed E-state index contributed by atoms with van der Waals surface area (Å²) in [6.45, 7) is 0. The molecule has 0 saturated carbocycles. The third-order valence-corrected chi connectivity index (χ3v) is 4.08. The molecule has 0 aliphatic rings. The second-order valence-corrected chi connectivity index (χ2v) is 5.84. The van der Waals surface area contributed by atoms with E-state index in [2.05, 4.69) is 4.98 Å². The Morgan fingerprint density at radius 1 is 1.25 bits per heavy atom. The maximum atomic E-state index is 13.3. The smallest absolute Gasteiger partial charge is 0.336 e. The number of hydrogen-bond donors (Lipinski definition) is 1. The number of fused-ring (bicyclic) bond motifs is 1. The Morgan fingerprint density at radius 3 is 2.70 bits per heavy atom. The van der Waals surface area contributed by atoms with Crippen LogP contribution in [0.15, 0.2) is 36.4 Å². The van der Waals surface area contributed by atoms with Crippen LogP contribution in [0.25, 0.3) is 21.5 Å². The molecule has 20 heavy (non-hydrogen) atoms. The summed E-state index contributed by atoms with van der Waals surface area (Å²) in [7, 11) is 0. The summed E-state index contributed by atoms with van der Waals surface area (Å²) in [4.78, 5) is 16.5. The lowest BCUT2D eigenvalue weighted by atomic mass is 10.1. The normalized spacial score (nSPS) is 10.9. The van der Waals surface area contributed by atoms with Crippen molar-refractivity contribution in [2.45, 2.75) is 0 Å². The van der Waals surface area contributed by atoms with Gasteiger partial charge >= 0.3 is 5.97 Å². The number of carboxylic acid groups (broad SMARTS) is 1.